The van der Waals surface area contributed by atoms with Crippen LogP contribution in [0.4, 0.5) is 0 Å². The molecule has 0 amide bonds. The lowest BCUT2D eigenvalue weighted by atomic mass is 10.8. The van der Waals surface area contributed by atoms with Crippen LogP contribution in [0, 0.1) is 0 Å². The van der Waals surface area contributed by atoms with E-state index < -0.39 is 11.1 Å². The van der Waals surface area contributed by atoms with Crippen LogP contribution in [0.3, 0.4) is 0 Å². The van der Waals surface area contributed by atoms with E-state index in [-0.39, 0.29) is 25.6 Å². The fraction of sp³-hybridized carbons (Fsp3) is 1.00. The van der Waals surface area contributed by atoms with Gasteiger partial charge in [-0.1, -0.05) is 0 Å². The van der Waals surface area contributed by atoms with Crippen LogP contribution in [-0.2, 0) is 15.3 Å². The molecule has 1 atom stereocenters. The number of aliphatic hydroxyl groups excluding tert-OH is 2. The van der Waals surface area contributed by atoms with E-state index in [4.69, 9.17) is 10.2 Å². The molecule has 0 aromatic carbocycles. The normalized spacial score (nSPS) is 13.6. The lowest BCUT2D eigenvalue weighted by Crippen LogP contribution is -2.08. The van der Waals surface area contributed by atoms with E-state index in [1.807, 2.05) is 0 Å². The van der Waals surface area contributed by atoms with Gasteiger partial charge >= 0.3 is 0 Å². The van der Waals surface area contributed by atoms with Gasteiger partial charge < -0.3 is 10.2 Å². The molecule has 56 valence electrons. The van der Waals surface area contributed by atoms with Crippen LogP contribution in [0.15, 0.2) is 0 Å². The molecule has 0 fully saturated rings. The standard InChI is InChI=1S/C4H10O4S/c5-1-3-8-9(7)4-2-6/h5-6H,1-4H2. The number of aliphatic hydroxyl groups is 2. The van der Waals surface area contributed by atoms with E-state index in [1.165, 1.54) is 0 Å². The highest BCUT2D eigenvalue weighted by atomic mass is 32.2. The minimum Gasteiger partial charge on any atom is -0.395 e. The summed E-state index contributed by atoms with van der Waals surface area (Å²) in [6.45, 7) is -0.234. The zero-order valence-electron chi connectivity index (χ0n) is 4.95. The van der Waals surface area contributed by atoms with Crippen LogP contribution < -0.4 is 0 Å². The summed E-state index contributed by atoms with van der Waals surface area (Å²) < 4.78 is 14.9. The van der Waals surface area contributed by atoms with Crippen LogP contribution >= 0.6 is 0 Å². The molecule has 0 spiro atoms. The molecule has 0 aromatic rings. The molecule has 0 saturated carbocycles. The zero-order valence-corrected chi connectivity index (χ0v) is 5.76. The first kappa shape index (κ1) is 9.03. The highest BCUT2D eigenvalue weighted by Gasteiger charge is 1.95. The molecule has 0 rings (SSSR count). The third-order valence-corrected chi connectivity index (χ3v) is 1.51. The van der Waals surface area contributed by atoms with Crippen LogP contribution in [-0.4, -0.2) is 40.0 Å². The molecule has 0 aliphatic carbocycles. The van der Waals surface area contributed by atoms with E-state index in [0.717, 1.165) is 0 Å². The van der Waals surface area contributed by atoms with Gasteiger partial charge in [0.25, 0.3) is 0 Å². The second-order valence-electron chi connectivity index (χ2n) is 1.28. The Morgan fingerprint density at radius 3 is 2.44 bits per heavy atom. The Labute approximate surface area is 56.1 Å². The Morgan fingerprint density at radius 1 is 1.33 bits per heavy atom. The van der Waals surface area contributed by atoms with E-state index in [0.29, 0.717) is 0 Å². The quantitative estimate of drug-likeness (QED) is 0.514. The van der Waals surface area contributed by atoms with Gasteiger partial charge in [-0.3, -0.25) is 4.18 Å². The van der Waals surface area contributed by atoms with Gasteiger partial charge in [0.05, 0.1) is 25.6 Å². The largest absolute Gasteiger partial charge is 0.395 e. The average Bonchev–Trinajstić information content (AvgIpc) is 1.85. The molecule has 4 nitrogen and oxygen atoms in total. The van der Waals surface area contributed by atoms with Gasteiger partial charge in [-0.2, -0.15) is 0 Å². The maximum atomic E-state index is 10.4. The minimum atomic E-state index is -1.43. The Bertz CT molecular complexity index is 84.6. The minimum absolute atomic E-state index is 0.0621. The molecular formula is C4H10O4S. The van der Waals surface area contributed by atoms with Crippen LogP contribution in [0.2, 0.25) is 0 Å². The van der Waals surface area contributed by atoms with Gasteiger partial charge in [-0.25, -0.2) is 4.21 Å². The summed E-state index contributed by atoms with van der Waals surface area (Å²) in [5.41, 5.74) is 0. The third kappa shape index (κ3) is 5.91. The SMILES string of the molecule is O=S(CCO)OCCO. The van der Waals surface area contributed by atoms with E-state index >= 15 is 0 Å². The summed E-state index contributed by atoms with van der Waals surface area (Å²) in [5, 5.41) is 16.4. The Morgan fingerprint density at radius 2 is 2.00 bits per heavy atom. The second-order valence-corrected chi connectivity index (χ2v) is 2.53. The second kappa shape index (κ2) is 6.15. The zero-order chi connectivity index (χ0) is 7.11. The maximum Gasteiger partial charge on any atom is 0.157 e. The average molecular weight is 154 g/mol. The molecular weight excluding hydrogens is 144 g/mol. The molecule has 5 heteroatoms. The van der Waals surface area contributed by atoms with Gasteiger partial charge in [-0.15, -0.1) is 0 Å². The van der Waals surface area contributed by atoms with Gasteiger partial charge in [0.2, 0.25) is 0 Å². The molecule has 9 heavy (non-hydrogen) atoms. The predicted molar refractivity (Wildman–Crippen MR) is 33.1 cm³/mol. The highest BCUT2D eigenvalue weighted by molar-refractivity contribution is 7.80. The van der Waals surface area contributed by atoms with Crippen LogP contribution in [0.5, 0.6) is 0 Å². The van der Waals surface area contributed by atoms with Crippen LogP contribution in [0.1, 0.15) is 0 Å². The van der Waals surface area contributed by atoms with E-state index in [9.17, 15) is 4.21 Å². The molecule has 0 saturated heterocycles. The van der Waals surface area contributed by atoms with Gasteiger partial charge in [0.15, 0.2) is 11.1 Å². The fourth-order valence-corrected chi connectivity index (χ4v) is 0.791. The molecule has 0 heterocycles. The van der Waals surface area contributed by atoms with Gasteiger partial charge in [0, 0.05) is 0 Å². The predicted octanol–water partition coefficient (Wildman–Crippen LogP) is -1.35. The summed E-state index contributed by atoms with van der Waals surface area (Å²) in [6.07, 6.45) is 0. The summed E-state index contributed by atoms with van der Waals surface area (Å²) in [5.74, 6) is 0.111. The van der Waals surface area contributed by atoms with Gasteiger partial charge in [-0.05, 0) is 0 Å². The lowest BCUT2D eigenvalue weighted by Gasteiger charge is -1.96. The maximum absolute atomic E-state index is 10.4. The van der Waals surface area contributed by atoms with Crippen molar-refractivity contribution in [3.8, 4) is 0 Å². The number of rotatable bonds is 5. The summed E-state index contributed by atoms with van der Waals surface area (Å²) in [7, 11) is 0. The van der Waals surface area contributed by atoms with Gasteiger partial charge in [0.1, 0.15) is 0 Å². The van der Waals surface area contributed by atoms with E-state index in [2.05, 4.69) is 4.18 Å². The molecule has 2 N–H and O–H groups in total. The Kier molecular flexibility index (Phi) is 6.18. The monoisotopic (exact) mass is 154 g/mol. The summed E-state index contributed by atoms with van der Waals surface area (Å²) >= 11 is -1.43. The Hall–Kier alpha value is 0.0300. The van der Waals surface area contributed by atoms with Crippen molar-refractivity contribution in [1.29, 1.82) is 0 Å². The number of hydrogen-bond acceptors (Lipinski definition) is 4. The summed E-state index contributed by atoms with van der Waals surface area (Å²) in [4.78, 5) is 0. The molecule has 0 radical (unpaired) electrons. The van der Waals surface area contributed by atoms with Crippen LogP contribution in [0.25, 0.3) is 0 Å². The first-order chi connectivity index (χ1) is 4.31. The molecule has 1 unspecified atom stereocenters. The molecule has 0 aliphatic rings. The first-order valence-corrected chi connectivity index (χ1v) is 3.79. The van der Waals surface area contributed by atoms with Crippen molar-refractivity contribution < 1.29 is 18.6 Å². The van der Waals surface area contributed by atoms with Crippen molar-refractivity contribution >= 4 is 11.1 Å². The van der Waals surface area contributed by atoms with Crippen molar-refractivity contribution in [3.05, 3.63) is 0 Å². The smallest absolute Gasteiger partial charge is 0.157 e. The summed E-state index contributed by atoms with van der Waals surface area (Å²) in [6, 6.07) is 0. The fourth-order valence-electron chi connectivity index (χ4n) is 0.264. The number of hydrogen-bond donors (Lipinski definition) is 2. The lowest BCUT2D eigenvalue weighted by molar-refractivity contribution is 0.212. The van der Waals surface area contributed by atoms with Crippen molar-refractivity contribution in [2.75, 3.05) is 25.6 Å². The molecule has 0 bridgehead atoms. The first-order valence-electron chi connectivity index (χ1n) is 2.54. The molecule has 0 aliphatic heterocycles. The Balaban J connectivity index is 3.06. The van der Waals surface area contributed by atoms with Crippen molar-refractivity contribution in [2.45, 2.75) is 0 Å². The van der Waals surface area contributed by atoms with E-state index in [1.54, 1.807) is 0 Å². The topological polar surface area (TPSA) is 66.8 Å². The highest BCUT2D eigenvalue weighted by Crippen LogP contribution is 1.82. The third-order valence-electron chi connectivity index (χ3n) is 0.564. The van der Waals surface area contributed by atoms with Crippen molar-refractivity contribution in [1.82, 2.24) is 0 Å². The molecule has 0 aromatic heterocycles. The van der Waals surface area contributed by atoms with Crippen molar-refractivity contribution in [3.63, 3.8) is 0 Å². The van der Waals surface area contributed by atoms with Crippen molar-refractivity contribution in [2.24, 2.45) is 0 Å².